The Hall–Kier alpha value is -3.65. The molecule has 1 N–H and O–H groups in total. The van der Waals surface area contributed by atoms with Gasteiger partial charge in [-0.05, 0) is 55.5 Å². The number of nitrogens with one attached hydrogen (secondary N) is 1. The number of carbonyl (C=O) groups is 1. The van der Waals surface area contributed by atoms with Crippen LogP contribution in [0.4, 0.5) is 5.69 Å². The summed E-state index contributed by atoms with van der Waals surface area (Å²) in [7, 11) is -6.28. The molecule has 0 aromatic heterocycles. The van der Waals surface area contributed by atoms with Crippen molar-refractivity contribution in [3.05, 3.63) is 78.4 Å². The number of hydrogen-bond donors (Lipinski definition) is 1. The molecule has 0 unspecified atom stereocenters. The molecule has 0 saturated carbocycles. The van der Waals surface area contributed by atoms with Crippen LogP contribution in [-0.2, 0) is 29.6 Å². The fourth-order valence-corrected chi connectivity index (χ4v) is 7.00. The van der Waals surface area contributed by atoms with E-state index in [1.54, 1.807) is 48.5 Å². The van der Waals surface area contributed by atoms with Gasteiger partial charge in [0.25, 0.3) is 10.0 Å². The second kappa shape index (κ2) is 13.3. The molecule has 1 saturated heterocycles. The first kappa shape index (κ1) is 30.3. The summed E-state index contributed by atoms with van der Waals surface area (Å²) < 4.78 is 71.3. The van der Waals surface area contributed by atoms with Crippen LogP contribution in [0.2, 0.25) is 0 Å². The van der Waals surface area contributed by atoms with Gasteiger partial charge >= 0.3 is 0 Å². The first-order chi connectivity index (χ1) is 19.6. The summed E-state index contributed by atoms with van der Waals surface area (Å²) in [4.78, 5) is 13.1. The molecule has 1 heterocycles. The Morgan fingerprint density at radius 1 is 0.927 bits per heavy atom. The number of rotatable bonds is 12. The zero-order chi connectivity index (χ0) is 29.5. The monoisotopic (exact) mass is 603 g/mol. The van der Waals surface area contributed by atoms with E-state index in [2.05, 4.69) is 5.32 Å². The normalized spacial score (nSPS) is 14.3. The van der Waals surface area contributed by atoms with Crippen LogP contribution in [0.25, 0.3) is 0 Å². The Kier molecular flexibility index (Phi) is 9.86. The van der Waals surface area contributed by atoms with E-state index in [0.717, 1.165) is 9.87 Å². The molecule has 1 aliphatic heterocycles. The highest BCUT2D eigenvalue weighted by Crippen LogP contribution is 2.32. The number of methoxy groups -OCH3 is 1. The van der Waals surface area contributed by atoms with Crippen LogP contribution < -0.4 is 19.1 Å². The van der Waals surface area contributed by atoms with Gasteiger partial charge in [0, 0.05) is 13.1 Å². The van der Waals surface area contributed by atoms with Crippen LogP contribution in [0.5, 0.6) is 11.5 Å². The molecular weight excluding hydrogens is 570 g/mol. The zero-order valence-electron chi connectivity index (χ0n) is 22.9. The Bertz CT molecular complexity index is 1540. The number of anilines is 1. The molecule has 220 valence electrons. The highest BCUT2D eigenvalue weighted by molar-refractivity contribution is 7.93. The van der Waals surface area contributed by atoms with Gasteiger partial charge in [0.05, 0.1) is 42.3 Å². The van der Waals surface area contributed by atoms with Gasteiger partial charge in [-0.1, -0.05) is 29.8 Å². The van der Waals surface area contributed by atoms with Crippen LogP contribution in [0.3, 0.4) is 0 Å². The number of nitrogens with zero attached hydrogens (tertiary/aromatic N) is 2. The summed E-state index contributed by atoms with van der Waals surface area (Å²) in [5.41, 5.74) is 1.13. The highest BCUT2D eigenvalue weighted by atomic mass is 32.2. The third kappa shape index (κ3) is 7.36. The fourth-order valence-electron chi connectivity index (χ4n) is 4.16. The zero-order valence-corrected chi connectivity index (χ0v) is 24.5. The maximum Gasteiger partial charge on any atom is 0.264 e. The van der Waals surface area contributed by atoms with Gasteiger partial charge in [0.15, 0.2) is 0 Å². The van der Waals surface area contributed by atoms with Gasteiger partial charge in [-0.25, -0.2) is 16.8 Å². The van der Waals surface area contributed by atoms with Gasteiger partial charge in [-0.2, -0.15) is 4.31 Å². The summed E-state index contributed by atoms with van der Waals surface area (Å²) in [6.45, 7) is 2.89. The minimum atomic E-state index is -4.09. The number of morpholine rings is 1. The Morgan fingerprint density at radius 2 is 1.56 bits per heavy atom. The first-order valence-electron chi connectivity index (χ1n) is 12.9. The van der Waals surface area contributed by atoms with Crippen LogP contribution in [0.15, 0.2) is 82.6 Å². The Balaban J connectivity index is 1.37. The molecular formula is C28H33N3O8S2. The van der Waals surface area contributed by atoms with Crippen molar-refractivity contribution in [3.8, 4) is 11.5 Å². The average Bonchev–Trinajstić information content (AvgIpc) is 2.99. The lowest BCUT2D eigenvalue weighted by Gasteiger charge is -2.26. The number of aryl methyl sites for hydroxylation is 1. The van der Waals surface area contributed by atoms with Gasteiger partial charge < -0.3 is 19.5 Å². The van der Waals surface area contributed by atoms with Gasteiger partial charge in [-0.3, -0.25) is 9.10 Å². The van der Waals surface area contributed by atoms with Gasteiger partial charge in [0.1, 0.15) is 24.7 Å². The maximum absolute atomic E-state index is 13.6. The molecule has 0 aliphatic carbocycles. The molecule has 1 aliphatic rings. The largest absolute Gasteiger partial charge is 0.495 e. The van der Waals surface area contributed by atoms with Crippen molar-refractivity contribution in [2.45, 2.75) is 16.7 Å². The summed E-state index contributed by atoms with van der Waals surface area (Å²) in [5.74, 6) is 0.193. The highest BCUT2D eigenvalue weighted by Gasteiger charge is 2.29. The Labute approximate surface area is 240 Å². The fraction of sp³-hybridized carbons (Fsp3) is 0.321. The number of sulfonamides is 2. The number of ether oxygens (including phenoxy) is 3. The summed E-state index contributed by atoms with van der Waals surface area (Å²) in [6.07, 6.45) is 0. The topological polar surface area (TPSA) is 132 Å². The summed E-state index contributed by atoms with van der Waals surface area (Å²) >= 11 is 0. The van der Waals surface area contributed by atoms with Crippen molar-refractivity contribution in [1.82, 2.24) is 9.62 Å². The second-order valence-corrected chi connectivity index (χ2v) is 13.0. The van der Waals surface area contributed by atoms with E-state index in [4.69, 9.17) is 14.2 Å². The maximum atomic E-state index is 13.6. The van der Waals surface area contributed by atoms with Gasteiger partial charge in [-0.15, -0.1) is 0 Å². The minimum absolute atomic E-state index is 0.0456. The number of benzene rings is 3. The van der Waals surface area contributed by atoms with Crippen molar-refractivity contribution in [2.75, 3.05) is 57.4 Å². The van der Waals surface area contributed by atoms with E-state index in [1.807, 2.05) is 6.92 Å². The lowest BCUT2D eigenvalue weighted by atomic mass is 10.2. The molecule has 11 nitrogen and oxygen atoms in total. The molecule has 13 heteroatoms. The van der Waals surface area contributed by atoms with Gasteiger partial charge in [0.2, 0.25) is 15.9 Å². The standard InChI is InChI=1S/C28H33N3O8S2/c1-22-7-11-25(12-8-22)41(35,36)31(26-5-3-4-6-27(26)37-2)21-28(32)29-15-18-39-23-9-13-24(14-10-23)40(33,34)30-16-19-38-20-17-30/h3-14H,15-21H2,1-2H3,(H,29,32). The lowest BCUT2D eigenvalue weighted by molar-refractivity contribution is -0.119. The minimum Gasteiger partial charge on any atom is -0.495 e. The predicted octanol–water partition coefficient (Wildman–Crippen LogP) is 2.42. The quantitative estimate of drug-likeness (QED) is 0.313. The molecule has 4 rings (SSSR count). The molecule has 0 bridgehead atoms. The van der Waals surface area contributed by atoms with Crippen molar-refractivity contribution >= 4 is 31.6 Å². The molecule has 3 aromatic rings. The number of amides is 1. The first-order valence-corrected chi connectivity index (χ1v) is 15.8. The van der Waals surface area contributed by atoms with Crippen molar-refractivity contribution in [3.63, 3.8) is 0 Å². The average molecular weight is 604 g/mol. The van der Waals surface area contributed by atoms with E-state index in [1.165, 1.54) is 35.7 Å². The number of para-hydroxylation sites is 2. The van der Waals surface area contributed by atoms with E-state index >= 15 is 0 Å². The lowest BCUT2D eigenvalue weighted by Crippen LogP contribution is -2.42. The van der Waals surface area contributed by atoms with Crippen LogP contribution in [-0.4, -0.2) is 80.2 Å². The van der Waals surface area contributed by atoms with E-state index in [9.17, 15) is 21.6 Å². The molecule has 0 atom stereocenters. The predicted molar refractivity (Wildman–Crippen MR) is 153 cm³/mol. The van der Waals surface area contributed by atoms with Crippen LogP contribution in [0.1, 0.15) is 5.56 Å². The van der Waals surface area contributed by atoms with Crippen molar-refractivity contribution in [2.24, 2.45) is 0 Å². The van der Waals surface area contributed by atoms with E-state index < -0.39 is 32.5 Å². The van der Waals surface area contributed by atoms with Crippen molar-refractivity contribution in [1.29, 1.82) is 0 Å². The Morgan fingerprint density at radius 3 is 2.22 bits per heavy atom. The number of hydrogen-bond acceptors (Lipinski definition) is 8. The molecule has 0 radical (unpaired) electrons. The number of carbonyl (C=O) groups excluding carboxylic acids is 1. The third-order valence-corrected chi connectivity index (χ3v) is 10.1. The van der Waals surface area contributed by atoms with Crippen LogP contribution >= 0.6 is 0 Å². The van der Waals surface area contributed by atoms with Crippen LogP contribution in [0, 0.1) is 6.92 Å². The van der Waals surface area contributed by atoms with Crippen molar-refractivity contribution < 1.29 is 35.8 Å². The smallest absolute Gasteiger partial charge is 0.264 e. The molecule has 3 aromatic carbocycles. The van der Waals surface area contributed by atoms with E-state index in [-0.39, 0.29) is 28.6 Å². The molecule has 0 spiro atoms. The second-order valence-electron chi connectivity index (χ2n) is 9.18. The summed E-state index contributed by atoms with van der Waals surface area (Å²) in [6, 6.07) is 19.0. The molecule has 41 heavy (non-hydrogen) atoms. The third-order valence-electron chi connectivity index (χ3n) is 6.37. The SMILES string of the molecule is COc1ccccc1N(CC(=O)NCCOc1ccc(S(=O)(=O)N2CCOCC2)cc1)S(=O)(=O)c1ccc(C)cc1. The van der Waals surface area contributed by atoms with E-state index in [0.29, 0.717) is 37.8 Å². The molecule has 1 amide bonds. The summed E-state index contributed by atoms with van der Waals surface area (Å²) in [5, 5.41) is 2.68. The molecule has 1 fully saturated rings.